The molecular weight excluding hydrogens is 242 g/mol. The fourth-order valence-corrected chi connectivity index (χ4v) is 2.56. The predicted molar refractivity (Wildman–Crippen MR) is 74.6 cm³/mol. The zero-order valence-electron chi connectivity index (χ0n) is 11.6. The Labute approximate surface area is 114 Å². The summed E-state index contributed by atoms with van der Waals surface area (Å²) in [5.41, 5.74) is 1.46. The zero-order valence-corrected chi connectivity index (χ0v) is 11.6. The highest BCUT2D eigenvalue weighted by molar-refractivity contribution is 5.76. The Morgan fingerprint density at radius 3 is 2.63 bits per heavy atom. The molecule has 1 N–H and O–H groups in total. The molecule has 4 heteroatoms. The number of anilines is 1. The second-order valence-electron chi connectivity index (χ2n) is 5.43. The van der Waals surface area contributed by atoms with Crippen molar-refractivity contribution in [1.82, 2.24) is 0 Å². The Balaban J connectivity index is 2.12. The van der Waals surface area contributed by atoms with Gasteiger partial charge in [0.2, 0.25) is 0 Å². The van der Waals surface area contributed by atoms with Gasteiger partial charge in [0.25, 0.3) is 0 Å². The Morgan fingerprint density at radius 1 is 1.42 bits per heavy atom. The van der Waals surface area contributed by atoms with E-state index in [9.17, 15) is 9.90 Å². The van der Waals surface area contributed by atoms with Gasteiger partial charge in [-0.25, -0.2) is 0 Å². The summed E-state index contributed by atoms with van der Waals surface area (Å²) >= 11 is 0. The molecule has 0 bridgehead atoms. The van der Waals surface area contributed by atoms with E-state index in [2.05, 4.69) is 0 Å². The number of carboxylic acid groups (broad SMARTS) is 1. The van der Waals surface area contributed by atoms with Crippen molar-refractivity contribution in [3.8, 4) is 0 Å². The molecule has 1 aliphatic rings. The van der Waals surface area contributed by atoms with Gasteiger partial charge >= 0.3 is 5.97 Å². The topological polar surface area (TPSA) is 49.8 Å². The molecule has 1 aromatic carbocycles. The van der Waals surface area contributed by atoms with Crippen LogP contribution in [0.15, 0.2) is 24.3 Å². The quantitative estimate of drug-likeness (QED) is 0.905. The van der Waals surface area contributed by atoms with Gasteiger partial charge in [0, 0.05) is 25.9 Å². The van der Waals surface area contributed by atoms with Crippen molar-refractivity contribution in [1.29, 1.82) is 0 Å². The van der Waals surface area contributed by atoms with E-state index in [0.717, 1.165) is 12.1 Å². The smallest absolute Gasteiger partial charge is 0.313 e. The SMILES string of the molecule is Cc1ccc(N(C)CC2(C(=O)O)CCCOC2)cc1. The minimum absolute atomic E-state index is 0.304. The van der Waals surface area contributed by atoms with E-state index in [1.807, 2.05) is 43.1 Å². The third kappa shape index (κ3) is 3.07. The molecule has 1 atom stereocenters. The molecule has 2 rings (SSSR count). The molecule has 0 aromatic heterocycles. The molecule has 104 valence electrons. The molecule has 0 spiro atoms. The second-order valence-corrected chi connectivity index (χ2v) is 5.43. The summed E-state index contributed by atoms with van der Waals surface area (Å²) < 4.78 is 5.40. The van der Waals surface area contributed by atoms with Gasteiger partial charge in [0.15, 0.2) is 0 Å². The molecule has 1 unspecified atom stereocenters. The highest BCUT2D eigenvalue weighted by Crippen LogP contribution is 2.31. The molecule has 0 amide bonds. The number of carbonyl (C=O) groups is 1. The molecular formula is C15H21NO3. The number of aliphatic carboxylic acids is 1. The molecule has 1 fully saturated rings. The summed E-state index contributed by atoms with van der Waals surface area (Å²) in [6.07, 6.45) is 1.49. The average molecular weight is 263 g/mol. The summed E-state index contributed by atoms with van der Waals surface area (Å²) in [5, 5.41) is 9.52. The first-order valence-electron chi connectivity index (χ1n) is 6.62. The summed E-state index contributed by atoms with van der Waals surface area (Å²) in [6, 6.07) is 8.12. The molecule has 1 heterocycles. The lowest BCUT2D eigenvalue weighted by atomic mass is 9.82. The van der Waals surface area contributed by atoms with Crippen LogP contribution in [0.25, 0.3) is 0 Å². The van der Waals surface area contributed by atoms with E-state index in [4.69, 9.17) is 4.74 Å². The van der Waals surface area contributed by atoms with Crippen LogP contribution in [0.4, 0.5) is 5.69 Å². The van der Waals surface area contributed by atoms with Crippen molar-refractivity contribution >= 4 is 11.7 Å². The van der Waals surface area contributed by atoms with Crippen LogP contribution in [0, 0.1) is 12.3 Å². The first kappa shape index (κ1) is 13.9. The Morgan fingerprint density at radius 2 is 2.11 bits per heavy atom. The Bertz CT molecular complexity index is 435. The lowest BCUT2D eigenvalue weighted by molar-refractivity contribution is -0.156. The number of aryl methyl sites for hydroxylation is 1. The van der Waals surface area contributed by atoms with Crippen molar-refractivity contribution in [2.75, 3.05) is 31.7 Å². The van der Waals surface area contributed by atoms with Crippen molar-refractivity contribution in [3.63, 3.8) is 0 Å². The Hall–Kier alpha value is -1.55. The number of nitrogens with zero attached hydrogens (tertiary/aromatic N) is 1. The molecule has 19 heavy (non-hydrogen) atoms. The number of hydrogen-bond acceptors (Lipinski definition) is 3. The standard InChI is InChI=1S/C15H21NO3/c1-12-4-6-13(7-5-12)16(2)10-15(14(17)18)8-3-9-19-11-15/h4-7H,3,8-11H2,1-2H3,(H,17,18). The van der Waals surface area contributed by atoms with E-state index in [1.54, 1.807) is 0 Å². The zero-order chi connectivity index (χ0) is 13.9. The fourth-order valence-electron chi connectivity index (χ4n) is 2.56. The van der Waals surface area contributed by atoms with E-state index in [-0.39, 0.29) is 0 Å². The van der Waals surface area contributed by atoms with Gasteiger partial charge in [-0.1, -0.05) is 17.7 Å². The van der Waals surface area contributed by atoms with Gasteiger partial charge in [0.05, 0.1) is 6.61 Å². The van der Waals surface area contributed by atoms with Crippen LogP contribution in [0.2, 0.25) is 0 Å². The number of benzene rings is 1. The third-order valence-electron chi connectivity index (χ3n) is 3.79. The first-order valence-corrected chi connectivity index (χ1v) is 6.62. The molecule has 1 aliphatic heterocycles. The normalized spacial score (nSPS) is 23.1. The minimum atomic E-state index is -0.780. The number of carboxylic acids is 1. The monoisotopic (exact) mass is 263 g/mol. The van der Waals surface area contributed by atoms with E-state index in [1.165, 1.54) is 5.56 Å². The minimum Gasteiger partial charge on any atom is -0.481 e. The molecule has 4 nitrogen and oxygen atoms in total. The molecule has 1 saturated heterocycles. The third-order valence-corrected chi connectivity index (χ3v) is 3.79. The van der Waals surface area contributed by atoms with Gasteiger partial charge in [-0.2, -0.15) is 0 Å². The number of rotatable bonds is 4. The maximum Gasteiger partial charge on any atom is 0.313 e. The van der Waals surface area contributed by atoms with Gasteiger partial charge in [0.1, 0.15) is 5.41 Å². The van der Waals surface area contributed by atoms with E-state index < -0.39 is 11.4 Å². The fraction of sp³-hybridized carbons (Fsp3) is 0.533. The summed E-state index contributed by atoms with van der Waals surface area (Å²) in [5.74, 6) is -0.758. The number of ether oxygens (including phenoxy) is 1. The van der Waals surface area contributed by atoms with Gasteiger partial charge < -0.3 is 14.7 Å². The van der Waals surface area contributed by atoms with Crippen LogP contribution < -0.4 is 4.90 Å². The summed E-state index contributed by atoms with van der Waals surface area (Å²) in [4.78, 5) is 13.6. The van der Waals surface area contributed by atoms with Crippen molar-refractivity contribution in [2.45, 2.75) is 19.8 Å². The lowest BCUT2D eigenvalue weighted by Crippen LogP contribution is -2.47. The van der Waals surface area contributed by atoms with Crippen LogP contribution in [-0.2, 0) is 9.53 Å². The van der Waals surface area contributed by atoms with Crippen LogP contribution in [-0.4, -0.2) is 37.9 Å². The van der Waals surface area contributed by atoms with E-state index in [0.29, 0.717) is 26.2 Å². The van der Waals surface area contributed by atoms with Crippen molar-refractivity contribution in [2.24, 2.45) is 5.41 Å². The average Bonchev–Trinajstić information content (AvgIpc) is 2.40. The van der Waals surface area contributed by atoms with Gasteiger partial charge in [-0.3, -0.25) is 4.79 Å². The molecule has 0 aliphatic carbocycles. The Kier molecular flexibility index (Phi) is 4.10. The van der Waals surface area contributed by atoms with Gasteiger partial charge in [-0.05, 0) is 31.9 Å². The molecule has 0 saturated carbocycles. The molecule has 1 aromatic rings. The van der Waals surface area contributed by atoms with E-state index >= 15 is 0 Å². The van der Waals surface area contributed by atoms with Crippen LogP contribution >= 0.6 is 0 Å². The molecule has 0 radical (unpaired) electrons. The van der Waals surface area contributed by atoms with Crippen molar-refractivity contribution in [3.05, 3.63) is 29.8 Å². The predicted octanol–water partition coefficient (Wildman–Crippen LogP) is 2.31. The highest BCUT2D eigenvalue weighted by Gasteiger charge is 2.41. The number of hydrogen-bond donors (Lipinski definition) is 1. The largest absolute Gasteiger partial charge is 0.481 e. The maximum absolute atomic E-state index is 11.6. The van der Waals surface area contributed by atoms with Crippen LogP contribution in [0.5, 0.6) is 0 Å². The highest BCUT2D eigenvalue weighted by atomic mass is 16.5. The summed E-state index contributed by atoms with van der Waals surface area (Å²) in [6.45, 7) is 3.49. The van der Waals surface area contributed by atoms with Crippen molar-refractivity contribution < 1.29 is 14.6 Å². The lowest BCUT2D eigenvalue weighted by Gasteiger charge is -2.36. The second kappa shape index (κ2) is 5.61. The van der Waals surface area contributed by atoms with Crippen LogP contribution in [0.1, 0.15) is 18.4 Å². The van der Waals surface area contributed by atoms with Gasteiger partial charge in [-0.15, -0.1) is 0 Å². The maximum atomic E-state index is 11.6. The van der Waals surface area contributed by atoms with Crippen LogP contribution in [0.3, 0.4) is 0 Å². The summed E-state index contributed by atoms with van der Waals surface area (Å²) in [7, 11) is 1.93. The first-order chi connectivity index (χ1) is 9.03.